The zero-order chi connectivity index (χ0) is 28.4. The molecular formula is C29H25Cl2N3O5S. The van der Waals surface area contributed by atoms with Crippen molar-refractivity contribution in [2.75, 3.05) is 6.54 Å². The van der Waals surface area contributed by atoms with Crippen molar-refractivity contribution < 1.29 is 23.1 Å². The van der Waals surface area contributed by atoms with Crippen molar-refractivity contribution in [1.82, 2.24) is 15.2 Å². The lowest BCUT2D eigenvalue weighted by molar-refractivity contribution is -0.139. The molecule has 8 nitrogen and oxygen atoms in total. The molecule has 4 aromatic rings. The summed E-state index contributed by atoms with van der Waals surface area (Å²) in [4.78, 5) is 31.2. The van der Waals surface area contributed by atoms with E-state index in [4.69, 9.17) is 23.2 Å². The molecule has 0 bridgehead atoms. The van der Waals surface area contributed by atoms with Gasteiger partial charge in [0.1, 0.15) is 11.4 Å². The summed E-state index contributed by atoms with van der Waals surface area (Å²) >= 11 is 12.7. The first-order valence-electron chi connectivity index (χ1n) is 12.6. The largest absolute Gasteiger partial charge is 0.480 e. The van der Waals surface area contributed by atoms with Crippen molar-refractivity contribution in [3.63, 3.8) is 0 Å². The Kier molecular flexibility index (Phi) is 7.98. The highest BCUT2D eigenvalue weighted by atomic mass is 35.5. The van der Waals surface area contributed by atoms with E-state index in [1.165, 1.54) is 17.0 Å². The predicted octanol–water partition coefficient (Wildman–Crippen LogP) is 5.81. The second-order valence-electron chi connectivity index (χ2n) is 9.51. The first kappa shape index (κ1) is 27.9. The normalized spacial score (nSPS) is 16.1. The number of carbonyl (C=O) groups is 2. The Labute approximate surface area is 241 Å². The van der Waals surface area contributed by atoms with Gasteiger partial charge in [-0.1, -0.05) is 59.6 Å². The van der Waals surface area contributed by atoms with E-state index in [1.807, 2.05) is 6.07 Å². The van der Waals surface area contributed by atoms with Gasteiger partial charge in [0, 0.05) is 23.9 Å². The van der Waals surface area contributed by atoms with Crippen LogP contribution in [0.2, 0.25) is 10.0 Å². The van der Waals surface area contributed by atoms with Gasteiger partial charge in [0.2, 0.25) is 0 Å². The van der Waals surface area contributed by atoms with E-state index in [0.29, 0.717) is 38.8 Å². The molecule has 1 saturated heterocycles. The maximum absolute atomic E-state index is 13.2. The number of rotatable bonds is 7. The molecule has 2 atom stereocenters. The Morgan fingerprint density at radius 1 is 1.00 bits per heavy atom. The summed E-state index contributed by atoms with van der Waals surface area (Å²) in [6.07, 6.45) is 0.779. The van der Waals surface area contributed by atoms with Gasteiger partial charge in [-0.05, 0) is 60.9 Å². The van der Waals surface area contributed by atoms with Gasteiger partial charge in [0.05, 0.1) is 26.2 Å². The summed E-state index contributed by atoms with van der Waals surface area (Å²) < 4.78 is 26.4. The fourth-order valence-electron chi connectivity index (χ4n) is 4.91. The van der Waals surface area contributed by atoms with Gasteiger partial charge in [-0.2, -0.15) is 0 Å². The standard InChI is InChI=1S/C29H25Cl2N3O5S/c30-21-8-4-9-22(31)27(21)24-14-12-19-16-18(11-13-23(19)32-24)17-25(28(35)36)33-29(37)34-15-5-10-26(34)40(38,39)20-6-2-1-3-7-20/h1-4,6-9,11-14,16,25-26H,5,10,15,17H2,(H,33,37)(H,35,36)/t25?,26-/m0/s1. The fraction of sp³-hybridized carbons (Fsp3) is 0.207. The Morgan fingerprint density at radius 2 is 1.73 bits per heavy atom. The molecule has 1 aromatic heterocycles. The number of carboxylic acids is 1. The number of pyridine rings is 1. The van der Waals surface area contributed by atoms with Gasteiger partial charge in [-0.15, -0.1) is 0 Å². The van der Waals surface area contributed by atoms with Crippen molar-refractivity contribution >= 4 is 55.9 Å². The van der Waals surface area contributed by atoms with Gasteiger partial charge in [-0.3, -0.25) is 0 Å². The third-order valence-electron chi connectivity index (χ3n) is 6.90. The Hall–Kier alpha value is -3.66. The number of nitrogens with zero attached hydrogens (tertiary/aromatic N) is 2. The van der Waals surface area contributed by atoms with Crippen LogP contribution in [-0.2, 0) is 21.1 Å². The predicted molar refractivity (Wildman–Crippen MR) is 154 cm³/mol. The van der Waals surface area contributed by atoms with E-state index in [0.717, 1.165) is 5.39 Å². The van der Waals surface area contributed by atoms with Crippen LogP contribution in [-0.4, -0.2) is 53.4 Å². The van der Waals surface area contributed by atoms with E-state index in [-0.39, 0.29) is 24.3 Å². The summed E-state index contributed by atoms with van der Waals surface area (Å²) in [5.41, 5.74) is 2.57. The Bertz CT molecular complexity index is 1680. The van der Waals surface area contributed by atoms with Crippen LogP contribution >= 0.6 is 23.2 Å². The average molecular weight is 599 g/mol. The van der Waals surface area contributed by atoms with Gasteiger partial charge >= 0.3 is 12.0 Å². The number of fused-ring (bicyclic) bond motifs is 1. The number of aromatic nitrogens is 1. The number of urea groups is 1. The lowest BCUT2D eigenvalue weighted by Gasteiger charge is -2.26. The van der Waals surface area contributed by atoms with E-state index < -0.39 is 33.3 Å². The van der Waals surface area contributed by atoms with Gasteiger partial charge in [-0.25, -0.2) is 23.0 Å². The number of carboxylic acid groups (broad SMARTS) is 1. The lowest BCUT2D eigenvalue weighted by atomic mass is 10.0. The topological polar surface area (TPSA) is 117 Å². The van der Waals surface area contributed by atoms with Crippen LogP contribution in [0.4, 0.5) is 4.79 Å². The average Bonchev–Trinajstić information content (AvgIpc) is 3.44. The summed E-state index contributed by atoms with van der Waals surface area (Å²) in [6.45, 7) is 0.217. The molecule has 5 rings (SSSR count). The van der Waals surface area contributed by atoms with Gasteiger partial charge in [0.15, 0.2) is 9.84 Å². The highest BCUT2D eigenvalue weighted by Crippen LogP contribution is 2.34. The SMILES string of the molecule is O=C(O)C(Cc1ccc2nc(-c3c(Cl)cccc3Cl)ccc2c1)NC(=O)N1CCC[C@@H]1S(=O)(=O)c1ccccc1. The van der Waals surface area contributed by atoms with Crippen molar-refractivity contribution in [2.24, 2.45) is 0 Å². The molecule has 2 N–H and O–H groups in total. The summed E-state index contributed by atoms with van der Waals surface area (Å²) in [6, 6.07) is 20.1. The summed E-state index contributed by atoms with van der Waals surface area (Å²) in [5.74, 6) is -1.23. The van der Waals surface area contributed by atoms with Crippen LogP contribution in [0.3, 0.4) is 0 Å². The van der Waals surface area contributed by atoms with Crippen LogP contribution in [0.5, 0.6) is 0 Å². The Balaban J connectivity index is 1.33. The highest BCUT2D eigenvalue weighted by molar-refractivity contribution is 7.92. The van der Waals surface area contributed by atoms with Gasteiger partial charge in [0.25, 0.3) is 0 Å². The number of nitrogens with one attached hydrogen (secondary N) is 1. The molecule has 3 aromatic carbocycles. The van der Waals surface area contributed by atoms with Crippen LogP contribution in [0, 0.1) is 0 Å². The molecule has 11 heteroatoms. The maximum Gasteiger partial charge on any atom is 0.326 e. The molecule has 40 heavy (non-hydrogen) atoms. The molecule has 1 fully saturated rings. The molecule has 206 valence electrons. The van der Waals surface area contributed by atoms with Crippen molar-refractivity contribution in [3.05, 3.63) is 94.5 Å². The molecule has 1 aliphatic rings. The highest BCUT2D eigenvalue weighted by Gasteiger charge is 2.40. The molecule has 2 heterocycles. The molecule has 0 saturated carbocycles. The monoisotopic (exact) mass is 597 g/mol. The summed E-state index contributed by atoms with van der Waals surface area (Å²) in [5, 5.41) is 13.1. The van der Waals surface area contributed by atoms with Crippen LogP contribution in [0.15, 0.2) is 83.8 Å². The fourth-order valence-corrected chi connectivity index (χ4v) is 7.36. The molecular weight excluding hydrogens is 573 g/mol. The number of benzene rings is 3. The maximum atomic E-state index is 13.2. The summed E-state index contributed by atoms with van der Waals surface area (Å²) in [7, 11) is -3.81. The minimum Gasteiger partial charge on any atom is -0.480 e. The zero-order valence-electron chi connectivity index (χ0n) is 21.1. The number of hydrogen-bond acceptors (Lipinski definition) is 5. The number of amides is 2. The third-order valence-corrected chi connectivity index (χ3v) is 9.66. The van der Waals surface area contributed by atoms with Crippen LogP contribution in [0.25, 0.3) is 22.2 Å². The molecule has 0 aliphatic carbocycles. The first-order valence-corrected chi connectivity index (χ1v) is 14.9. The Morgan fingerprint density at radius 3 is 2.42 bits per heavy atom. The van der Waals surface area contributed by atoms with Crippen molar-refractivity contribution in [3.8, 4) is 11.3 Å². The second kappa shape index (κ2) is 11.4. The molecule has 1 aliphatic heterocycles. The zero-order valence-corrected chi connectivity index (χ0v) is 23.5. The minimum absolute atomic E-state index is 0.000944. The molecule has 0 radical (unpaired) electrons. The van der Waals surface area contributed by atoms with Crippen LogP contribution < -0.4 is 5.32 Å². The van der Waals surface area contributed by atoms with E-state index >= 15 is 0 Å². The second-order valence-corrected chi connectivity index (χ2v) is 12.4. The number of sulfone groups is 1. The number of carbonyl (C=O) groups excluding carboxylic acids is 1. The van der Waals surface area contributed by atoms with E-state index in [9.17, 15) is 23.1 Å². The number of aliphatic carboxylic acids is 1. The minimum atomic E-state index is -3.81. The van der Waals surface area contributed by atoms with E-state index in [2.05, 4.69) is 10.3 Å². The number of halogens is 2. The van der Waals surface area contributed by atoms with Crippen molar-refractivity contribution in [1.29, 1.82) is 0 Å². The van der Waals surface area contributed by atoms with Gasteiger partial charge < -0.3 is 15.3 Å². The molecule has 2 amide bonds. The van der Waals surface area contributed by atoms with E-state index in [1.54, 1.807) is 60.7 Å². The smallest absolute Gasteiger partial charge is 0.326 e. The lowest BCUT2D eigenvalue weighted by Crippen LogP contribution is -2.51. The number of hydrogen-bond donors (Lipinski definition) is 2. The van der Waals surface area contributed by atoms with Crippen molar-refractivity contribution in [2.45, 2.75) is 35.6 Å². The number of likely N-dealkylation sites (tertiary alicyclic amines) is 1. The molecule has 1 unspecified atom stereocenters. The van der Waals surface area contributed by atoms with Crippen LogP contribution in [0.1, 0.15) is 18.4 Å². The first-order chi connectivity index (χ1) is 19.1. The molecule has 0 spiro atoms. The third kappa shape index (κ3) is 5.63. The quantitative estimate of drug-likeness (QED) is 0.277.